The quantitative estimate of drug-likeness (QED) is 0.454. The van der Waals surface area contributed by atoms with Gasteiger partial charge in [-0.1, -0.05) is 30.3 Å². The van der Waals surface area contributed by atoms with E-state index < -0.39 is 0 Å². The monoisotopic (exact) mass is 417 g/mol. The molecule has 0 radical (unpaired) electrons. The Kier molecular flexibility index (Phi) is 5.98. The molecule has 1 N–H and O–H groups in total. The molecule has 0 saturated heterocycles. The van der Waals surface area contributed by atoms with Crippen LogP contribution in [0.2, 0.25) is 0 Å². The summed E-state index contributed by atoms with van der Waals surface area (Å²) in [6.45, 7) is 5.01. The van der Waals surface area contributed by atoms with E-state index in [1.54, 1.807) is 24.4 Å². The molecule has 5 nitrogen and oxygen atoms in total. The van der Waals surface area contributed by atoms with E-state index in [2.05, 4.69) is 10.4 Å². The van der Waals surface area contributed by atoms with Gasteiger partial charge in [-0.3, -0.25) is 9.48 Å². The Hall–Kier alpha value is -3.67. The molecule has 0 unspecified atom stereocenters. The Balaban J connectivity index is 1.50. The lowest BCUT2D eigenvalue weighted by Crippen LogP contribution is -2.26. The van der Waals surface area contributed by atoms with Gasteiger partial charge in [-0.2, -0.15) is 5.10 Å². The van der Waals surface area contributed by atoms with Gasteiger partial charge in [-0.05, 0) is 61.4 Å². The molecule has 0 fully saturated rings. The maximum Gasteiger partial charge on any atom is 0.251 e. The number of fused-ring (bicyclic) bond motifs is 1. The number of rotatable bonds is 7. The molecule has 4 rings (SSSR count). The highest BCUT2D eigenvalue weighted by molar-refractivity contribution is 5.98. The third kappa shape index (κ3) is 4.74. The lowest BCUT2D eigenvalue weighted by molar-refractivity contribution is 0.0940. The maximum absolute atomic E-state index is 13.2. The first-order chi connectivity index (χ1) is 15.0. The molecule has 0 spiro atoms. The van der Waals surface area contributed by atoms with Gasteiger partial charge in [0.05, 0.1) is 30.9 Å². The zero-order valence-corrected chi connectivity index (χ0v) is 17.5. The van der Waals surface area contributed by atoms with Crippen LogP contribution in [0.4, 0.5) is 4.39 Å². The van der Waals surface area contributed by atoms with Crippen molar-refractivity contribution >= 4 is 16.8 Å². The third-order valence-electron chi connectivity index (χ3n) is 5.19. The minimum absolute atomic E-state index is 0.150. The molecule has 158 valence electrons. The summed E-state index contributed by atoms with van der Waals surface area (Å²) in [6.07, 6.45) is 1.77. The molecule has 4 aromatic rings. The summed E-state index contributed by atoms with van der Waals surface area (Å²) in [5, 5.41) is 8.41. The molecule has 6 heteroatoms. The topological polar surface area (TPSA) is 56.1 Å². The molecule has 1 amide bonds. The van der Waals surface area contributed by atoms with E-state index in [9.17, 15) is 9.18 Å². The van der Waals surface area contributed by atoms with Gasteiger partial charge >= 0.3 is 0 Å². The van der Waals surface area contributed by atoms with E-state index in [0.717, 1.165) is 27.8 Å². The number of amides is 1. The van der Waals surface area contributed by atoms with E-state index in [4.69, 9.17) is 4.74 Å². The first-order valence-corrected chi connectivity index (χ1v) is 10.3. The van der Waals surface area contributed by atoms with Crippen LogP contribution in [0.5, 0.6) is 5.75 Å². The van der Waals surface area contributed by atoms with Gasteiger partial charge < -0.3 is 10.1 Å². The van der Waals surface area contributed by atoms with Gasteiger partial charge in [0, 0.05) is 10.9 Å². The van der Waals surface area contributed by atoms with Gasteiger partial charge in [-0.25, -0.2) is 4.39 Å². The van der Waals surface area contributed by atoms with Crippen LogP contribution in [-0.2, 0) is 6.54 Å². The molecule has 0 aliphatic rings. The molecule has 1 heterocycles. The predicted octanol–water partition coefficient (Wildman–Crippen LogP) is 5.11. The standard InChI is InChI=1S/C25H24FN3O2/c1-3-31-23-12-8-19(9-13-23)17(2)28-25(30)20-6-7-21-15-27-29(24(21)14-20)16-18-4-10-22(26)11-5-18/h4-15,17H,3,16H2,1-2H3,(H,28,30)/t17-/m0/s1. The van der Waals surface area contributed by atoms with E-state index in [0.29, 0.717) is 18.7 Å². The van der Waals surface area contributed by atoms with Crippen molar-refractivity contribution < 1.29 is 13.9 Å². The number of halogens is 1. The minimum Gasteiger partial charge on any atom is -0.494 e. The van der Waals surface area contributed by atoms with E-state index in [-0.39, 0.29) is 17.8 Å². The van der Waals surface area contributed by atoms with Crippen LogP contribution in [0.1, 0.15) is 41.4 Å². The van der Waals surface area contributed by atoms with Crippen molar-refractivity contribution in [3.05, 3.63) is 95.4 Å². The van der Waals surface area contributed by atoms with Crippen LogP contribution in [0.25, 0.3) is 10.9 Å². The summed E-state index contributed by atoms with van der Waals surface area (Å²) < 4.78 is 20.5. The van der Waals surface area contributed by atoms with Gasteiger partial charge in [0.2, 0.25) is 0 Å². The second-order valence-electron chi connectivity index (χ2n) is 7.40. The number of ether oxygens (including phenoxy) is 1. The fraction of sp³-hybridized carbons (Fsp3) is 0.200. The Morgan fingerprint density at radius 2 is 1.84 bits per heavy atom. The number of nitrogens with one attached hydrogen (secondary N) is 1. The van der Waals surface area contributed by atoms with Gasteiger partial charge in [0.15, 0.2) is 0 Å². The molecule has 0 bridgehead atoms. The summed E-state index contributed by atoms with van der Waals surface area (Å²) in [7, 11) is 0. The summed E-state index contributed by atoms with van der Waals surface area (Å²) in [5.41, 5.74) is 3.35. The normalized spacial score (nSPS) is 12.0. The van der Waals surface area contributed by atoms with Crippen LogP contribution in [0.3, 0.4) is 0 Å². The molecule has 1 atom stereocenters. The SMILES string of the molecule is CCOc1ccc([C@H](C)NC(=O)c2ccc3cnn(Cc4ccc(F)cc4)c3c2)cc1. The molecule has 0 aliphatic carbocycles. The average molecular weight is 417 g/mol. The first-order valence-electron chi connectivity index (χ1n) is 10.3. The Bertz CT molecular complexity index is 1180. The van der Waals surface area contributed by atoms with Crippen LogP contribution < -0.4 is 10.1 Å². The number of benzene rings is 3. The Labute approximate surface area is 180 Å². The van der Waals surface area contributed by atoms with E-state index in [1.807, 2.05) is 54.9 Å². The van der Waals surface area contributed by atoms with E-state index in [1.165, 1.54) is 12.1 Å². The summed E-state index contributed by atoms with van der Waals surface area (Å²) >= 11 is 0. The van der Waals surface area contributed by atoms with Gasteiger partial charge in [0.25, 0.3) is 5.91 Å². The summed E-state index contributed by atoms with van der Waals surface area (Å²) in [4.78, 5) is 12.9. The highest BCUT2D eigenvalue weighted by atomic mass is 19.1. The summed E-state index contributed by atoms with van der Waals surface area (Å²) in [6, 6.07) is 19.4. The van der Waals surface area contributed by atoms with Crippen molar-refractivity contribution in [3.63, 3.8) is 0 Å². The molecule has 3 aromatic carbocycles. The van der Waals surface area contributed by atoms with Crippen molar-refractivity contribution in [1.82, 2.24) is 15.1 Å². The van der Waals surface area contributed by atoms with Crippen LogP contribution in [-0.4, -0.2) is 22.3 Å². The Morgan fingerprint density at radius 1 is 1.10 bits per heavy atom. The summed E-state index contributed by atoms with van der Waals surface area (Å²) in [5.74, 6) is 0.386. The molecule has 0 aliphatic heterocycles. The van der Waals surface area contributed by atoms with E-state index >= 15 is 0 Å². The smallest absolute Gasteiger partial charge is 0.251 e. The first kappa shape index (κ1) is 20.6. The third-order valence-corrected chi connectivity index (χ3v) is 5.19. The average Bonchev–Trinajstić information content (AvgIpc) is 3.18. The largest absolute Gasteiger partial charge is 0.494 e. The molecule has 31 heavy (non-hydrogen) atoms. The van der Waals surface area contributed by atoms with Crippen molar-refractivity contribution in [2.24, 2.45) is 0 Å². The molecular weight excluding hydrogens is 393 g/mol. The molecular formula is C25H24FN3O2. The number of aromatic nitrogens is 2. The zero-order chi connectivity index (χ0) is 21.8. The molecule has 0 saturated carbocycles. The van der Waals surface area contributed by atoms with Gasteiger partial charge in [0.1, 0.15) is 11.6 Å². The number of hydrogen-bond acceptors (Lipinski definition) is 3. The predicted molar refractivity (Wildman–Crippen MR) is 119 cm³/mol. The minimum atomic E-state index is -0.269. The van der Waals surface area contributed by atoms with Crippen molar-refractivity contribution in [1.29, 1.82) is 0 Å². The lowest BCUT2D eigenvalue weighted by atomic mass is 10.1. The fourth-order valence-electron chi connectivity index (χ4n) is 3.48. The number of carbonyl (C=O) groups excluding carboxylic acids is 1. The Morgan fingerprint density at radius 3 is 2.55 bits per heavy atom. The number of nitrogens with zero attached hydrogens (tertiary/aromatic N) is 2. The van der Waals surface area contributed by atoms with Crippen molar-refractivity contribution in [3.8, 4) is 5.75 Å². The van der Waals surface area contributed by atoms with Crippen LogP contribution in [0, 0.1) is 5.82 Å². The second-order valence-corrected chi connectivity index (χ2v) is 7.40. The molecule has 1 aromatic heterocycles. The number of hydrogen-bond donors (Lipinski definition) is 1. The second kappa shape index (κ2) is 9.00. The van der Waals surface area contributed by atoms with Crippen molar-refractivity contribution in [2.75, 3.05) is 6.61 Å². The maximum atomic E-state index is 13.2. The highest BCUT2D eigenvalue weighted by Gasteiger charge is 2.14. The highest BCUT2D eigenvalue weighted by Crippen LogP contribution is 2.20. The van der Waals surface area contributed by atoms with Gasteiger partial charge in [-0.15, -0.1) is 0 Å². The zero-order valence-electron chi connectivity index (χ0n) is 17.5. The fourth-order valence-corrected chi connectivity index (χ4v) is 3.48. The van der Waals surface area contributed by atoms with Crippen LogP contribution in [0.15, 0.2) is 72.9 Å². The van der Waals surface area contributed by atoms with Crippen LogP contribution >= 0.6 is 0 Å². The lowest BCUT2D eigenvalue weighted by Gasteiger charge is -2.15. The van der Waals surface area contributed by atoms with Crippen molar-refractivity contribution in [2.45, 2.75) is 26.4 Å². The number of carbonyl (C=O) groups is 1.